The zero-order chi connectivity index (χ0) is 18.5. The van der Waals surface area contributed by atoms with Gasteiger partial charge in [0.25, 0.3) is 0 Å². The summed E-state index contributed by atoms with van der Waals surface area (Å²) in [5.74, 6) is -0.624. The molecule has 26 heavy (non-hydrogen) atoms. The molecule has 0 radical (unpaired) electrons. The van der Waals surface area contributed by atoms with Gasteiger partial charge in [0.1, 0.15) is 5.41 Å². The highest BCUT2D eigenvalue weighted by atomic mass is 16.5. The molecular weight excluding hydrogens is 326 g/mol. The van der Waals surface area contributed by atoms with Crippen LogP contribution in [0.1, 0.15) is 16.7 Å². The molecule has 0 N–H and O–H groups in total. The number of aryl methyl sites for hydroxylation is 1. The number of para-hydroxylation sites is 1. The number of fused-ring (bicyclic) bond motifs is 2. The Morgan fingerprint density at radius 2 is 1.73 bits per heavy atom. The van der Waals surface area contributed by atoms with Gasteiger partial charge in [0.05, 0.1) is 12.7 Å². The van der Waals surface area contributed by atoms with Crippen molar-refractivity contribution < 1.29 is 14.3 Å². The van der Waals surface area contributed by atoms with Crippen molar-refractivity contribution in [3.8, 4) is 0 Å². The lowest BCUT2D eigenvalue weighted by atomic mass is 9.70. The first-order valence-electron chi connectivity index (χ1n) is 8.47. The summed E-state index contributed by atoms with van der Waals surface area (Å²) in [6, 6.07) is 15.6. The van der Waals surface area contributed by atoms with Gasteiger partial charge in [-0.2, -0.15) is 0 Å². The summed E-state index contributed by atoms with van der Waals surface area (Å²) in [6.45, 7) is 2.02. The lowest BCUT2D eigenvalue weighted by molar-refractivity contribution is -0.137. The maximum Gasteiger partial charge on any atom is 0.335 e. The molecule has 4 nitrogen and oxygen atoms in total. The number of anilines is 1. The molecule has 2 aromatic rings. The van der Waals surface area contributed by atoms with E-state index < -0.39 is 11.4 Å². The summed E-state index contributed by atoms with van der Waals surface area (Å²) < 4.78 is 5.01. The lowest BCUT2D eigenvalue weighted by Crippen LogP contribution is -2.42. The first kappa shape index (κ1) is 16.3. The number of benzene rings is 2. The van der Waals surface area contributed by atoms with E-state index in [4.69, 9.17) is 4.74 Å². The van der Waals surface area contributed by atoms with Gasteiger partial charge < -0.3 is 9.64 Å². The number of amides is 1. The van der Waals surface area contributed by atoms with Crippen LogP contribution in [-0.2, 0) is 19.7 Å². The van der Waals surface area contributed by atoms with E-state index in [0.29, 0.717) is 5.57 Å². The average Bonchev–Trinajstić information content (AvgIpc) is 3.16. The second-order valence-corrected chi connectivity index (χ2v) is 6.65. The summed E-state index contributed by atoms with van der Waals surface area (Å²) in [5, 5.41) is 0. The quantitative estimate of drug-likeness (QED) is 0.784. The monoisotopic (exact) mass is 345 g/mol. The van der Waals surface area contributed by atoms with Crippen LogP contribution in [0.25, 0.3) is 5.57 Å². The van der Waals surface area contributed by atoms with Crippen LogP contribution in [0.3, 0.4) is 0 Å². The second-order valence-electron chi connectivity index (χ2n) is 6.65. The molecule has 0 saturated heterocycles. The molecule has 0 aromatic heterocycles. The van der Waals surface area contributed by atoms with Gasteiger partial charge in [-0.1, -0.05) is 54.1 Å². The van der Waals surface area contributed by atoms with E-state index >= 15 is 0 Å². The molecule has 130 valence electrons. The number of ether oxygens (including phenoxy) is 1. The predicted molar refractivity (Wildman–Crippen MR) is 101 cm³/mol. The van der Waals surface area contributed by atoms with Crippen LogP contribution in [0, 0.1) is 6.92 Å². The minimum atomic E-state index is -1.16. The van der Waals surface area contributed by atoms with Gasteiger partial charge in [-0.15, -0.1) is 0 Å². The summed E-state index contributed by atoms with van der Waals surface area (Å²) in [5.41, 5.74) is 3.69. The highest BCUT2D eigenvalue weighted by molar-refractivity contribution is 6.24. The number of methoxy groups -OCH3 is 1. The van der Waals surface area contributed by atoms with Gasteiger partial charge in [-0.3, -0.25) is 4.79 Å². The Balaban J connectivity index is 2.01. The van der Waals surface area contributed by atoms with Crippen LogP contribution in [0.2, 0.25) is 0 Å². The maximum absolute atomic E-state index is 13.5. The standard InChI is InChI=1S/C22H19NO3/c1-14-8-10-15(11-9-14)16-12-13-18(20(24)26-3)22(16)17-6-4-5-7-19(17)23(2)21(22)25/h4-13H,1-3H3/t22-/m1/s1. The molecule has 1 aliphatic carbocycles. The summed E-state index contributed by atoms with van der Waals surface area (Å²) >= 11 is 0. The molecule has 1 amide bonds. The third-order valence-corrected chi connectivity index (χ3v) is 5.29. The van der Waals surface area contributed by atoms with Crippen molar-refractivity contribution in [1.82, 2.24) is 0 Å². The Morgan fingerprint density at radius 1 is 1.04 bits per heavy atom. The second kappa shape index (κ2) is 5.70. The molecule has 1 aliphatic heterocycles. The van der Waals surface area contributed by atoms with Gasteiger partial charge in [0.15, 0.2) is 0 Å². The SMILES string of the molecule is COC(=O)C1=CC=C(c2ccc(C)cc2)[C@]12C(=O)N(C)c1ccccc12. The van der Waals surface area contributed by atoms with E-state index in [1.54, 1.807) is 18.0 Å². The van der Waals surface area contributed by atoms with Crippen molar-refractivity contribution in [2.75, 3.05) is 19.1 Å². The third-order valence-electron chi connectivity index (χ3n) is 5.29. The zero-order valence-corrected chi connectivity index (χ0v) is 14.9. The minimum Gasteiger partial charge on any atom is -0.466 e. The fourth-order valence-electron chi connectivity index (χ4n) is 4.02. The number of nitrogens with zero attached hydrogens (tertiary/aromatic N) is 1. The number of allylic oxidation sites excluding steroid dienone is 2. The molecule has 4 rings (SSSR count). The number of rotatable bonds is 2. The van der Waals surface area contributed by atoms with Crippen LogP contribution in [0.5, 0.6) is 0 Å². The van der Waals surface area contributed by atoms with E-state index in [0.717, 1.165) is 28.0 Å². The van der Waals surface area contributed by atoms with E-state index in [-0.39, 0.29) is 5.91 Å². The highest BCUT2D eigenvalue weighted by Gasteiger charge is 2.58. The van der Waals surface area contributed by atoms with Gasteiger partial charge >= 0.3 is 5.97 Å². The molecular formula is C22H19NO3. The van der Waals surface area contributed by atoms with E-state index in [1.165, 1.54) is 7.11 Å². The molecule has 0 bridgehead atoms. The van der Waals surface area contributed by atoms with Crippen LogP contribution >= 0.6 is 0 Å². The number of esters is 1. The van der Waals surface area contributed by atoms with Gasteiger partial charge in [0.2, 0.25) is 5.91 Å². The number of carbonyl (C=O) groups excluding carboxylic acids is 2. The number of hydrogen-bond acceptors (Lipinski definition) is 3. The summed E-state index contributed by atoms with van der Waals surface area (Å²) in [6.07, 6.45) is 3.58. The highest BCUT2D eigenvalue weighted by Crippen LogP contribution is 2.55. The van der Waals surface area contributed by atoms with Crippen molar-refractivity contribution in [3.63, 3.8) is 0 Å². The first-order chi connectivity index (χ1) is 12.5. The number of likely N-dealkylation sites (N-methyl/N-ethyl adjacent to an activating group) is 1. The van der Waals surface area contributed by atoms with Gasteiger partial charge in [-0.05, 0) is 30.2 Å². The van der Waals surface area contributed by atoms with Crippen LogP contribution in [-0.4, -0.2) is 26.0 Å². The normalized spacial score (nSPS) is 20.9. The van der Waals surface area contributed by atoms with Crippen LogP contribution < -0.4 is 4.90 Å². The van der Waals surface area contributed by atoms with Crippen molar-refractivity contribution in [3.05, 3.63) is 82.9 Å². The fourth-order valence-corrected chi connectivity index (χ4v) is 4.02. The molecule has 0 fully saturated rings. The van der Waals surface area contributed by atoms with Crippen molar-refractivity contribution in [2.45, 2.75) is 12.3 Å². The predicted octanol–water partition coefficient (Wildman–Crippen LogP) is 3.41. The molecule has 0 saturated carbocycles. The van der Waals surface area contributed by atoms with E-state index in [1.807, 2.05) is 61.5 Å². The third kappa shape index (κ3) is 1.96. The van der Waals surface area contributed by atoms with Crippen LogP contribution in [0.15, 0.2) is 66.3 Å². The smallest absolute Gasteiger partial charge is 0.335 e. The molecule has 1 heterocycles. The summed E-state index contributed by atoms with van der Waals surface area (Å²) in [4.78, 5) is 27.7. The molecule has 1 atom stereocenters. The van der Waals surface area contributed by atoms with E-state index in [2.05, 4.69) is 0 Å². The topological polar surface area (TPSA) is 46.6 Å². The van der Waals surface area contributed by atoms with Crippen molar-refractivity contribution >= 4 is 23.1 Å². The van der Waals surface area contributed by atoms with Crippen LogP contribution in [0.4, 0.5) is 5.69 Å². The van der Waals surface area contributed by atoms with E-state index in [9.17, 15) is 9.59 Å². The Morgan fingerprint density at radius 3 is 2.42 bits per heavy atom. The zero-order valence-electron chi connectivity index (χ0n) is 14.9. The first-order valence-corrected chi connectivity index (χ1v) is 8.47. The average molecular weight is 345 g/mol. The number of carbonyl (C=O) groups is 2. The Hall–Kier alpha value is -3.14. The fraction of sp³-hybridized carbons (Fsp3) is 0.182. The van der Waals surface area contributed by atoms with Gasteiger partial charge in [-0.25, -0.2) is 4.79 Å². The Labute approximate surface area is 152 Å². The number of hydrogen-bond donors (Lipinski definition) is 0. The molecule has 4 heteroatoms. The molecule has 1 spiro atoms. The largest absolute Gasteiger partial charge is 0.466 e. The molecule has 2 aromatic carbocycles. The Kier molecular flexibility index (Phi) is 3.58. The van der Waals surface area contributed by atoms with Crippen molar-refractivity contribution in [1.29, 1.82) is 0 Å². The van der Waals surface area contributed by atoms with Crippen molar-refractivity contribution in [2.24, 2.45) is 0 Å². The van der Waals surface area contributed by atoms with Gasteiger partial charge in [0, 0.05) is 18.3 Å². The summed E-state index contributed by atoms with van der Waals surface area (Å²) in [7, 11) is 3.09. The lowest BCUT2D eigenvalue weighted by Gasteiger charge is -2.29. The maximum atomic E-state index is 13.5. The molecule has 2 aliphatic rings. The Bertz CT molecular complexity index is 985. The minimum absolute atomic E-state index is 0.139. The molecule has 0 unspecified atom stereocenters.